The first-order valence-electron chi connectivity index (χ1n) is 13.2. The van der Waals surface area contributed by atoms with Gasteiger partial charge >= 0.3 is 5.97 Å². The summed E-state index contributed by atoms with van der Waals surface area (Å²) in [6.45, 7) is 4.65. The molecular weight excluding hydrogens is 530 g/mol. The van der Waals surface area contributed by atoms with Crippen LogP contribution in [-0.2, 0) is 38.4 Å². The molecular formula is C30H35N3O4S2. The van der Waals surface area contributed by atoms with E-state index in [1.54, 1.807) is 4.31 Å². The Hall–Kier alpha value is -3.14. The van der Waals surface area contributed by atoms with Crippen LogP contribution in [0.25, 0.3) is 11.0 Å². The van der Waals surface area contributed by atoms with E-state index >= 15 is 0 Å². The zero-order chi connectivity index (χ0) is 27.7. The van der Waals surface area contributed by atoms with Crippen molar-refractivity contribution in [1.82, 2.24) is 13.9 Å². The molecule has 0 saturated carbocycles. The Morgan fingerprint density at radius 1 is 0.974 bits per heavy atom. The fraction of sp³-hybridized carbons (Fsp3) is 0.333. The second-order valence-corrected chi connectivity index (χ2v) is 12.5. The van der Waals surface area contributed by atoms with Crippen LogP contribution in [0.4, 0.5) is 0 Å². The Balaban J connectivity index is 1.45. The highest BCUT2D eigenvalue weighted by atomic mass is 32.2. The van der Waals surface area contributed by atoms with Gasteiger partial charge in [0.25, 0.3) is 0 Å². The maximum absolute atomic E-state index is 13.4. The lowest BCUT2D eigenvalue weighted by Crippen LogP contribution is -2.33. The molecule has 7 nitrogen and oxygen atoms in total. The Kier molecular flexibility index (Phi) is 10.2. The molecule has 0 fully saturated rings. The number of benzene rings is 3. The Morgan fingerprint density at radius 2 is 1.62 bits per heavy atom. The number of para-hydroxylation sites is 2. The number of fused-ring (bicyclic) bond motifs is 1. The molecule has 0 saturated heterocycles. The minimum Gasteiger partial charge on any atom is -0.461 e. The third kappa shape index (κ3) is 8.17. The molecule has 9 heteroatoms. The van der Waals surface area contributed by atoms with Crippen molar-refractivity contribution in [2.24, 2.45) is 0 Å². The topological polar surface area (TPSA) is 81.5 Å². The van der Waals surface area contributed by atoms with E-state index in [1.807, 2.05) is 103 Å². The van der Waals surface area contributed by atoms with Gasteiger partial charge in [0.1, 0.15) is 6.54 Å². The van der Waals surface area contributed by atoms with Crippen LogP contribution in [0.2, 0.25) is 0 Å². The summed E-state index contributed by atoms with van der Waals surface area (Å²) in [5.74, 6) is 0.313. The summed E-state index contributed by atoms with van der Waals surface area (Å²) in [6.07, 6.45) is 1.24. The lowest BCUT2D eigenvalue weighted by Gasteiger charge is -2.22. The van der Waals surface area contributed by atoms with Crippen LogP contribution in [-0.4, -0.2) is 46.6 Å². The van der Waals surface area contributed by atoms with Crippen molar-refractivity contribution >= 4 is 38.8 Å². The number of carbonyl (C=O) groups is 1. The van der Waals surface area contributed by atoms with Gasteiger partial charge in [-0.05, 0) is 43.0 Å². The number of hydrogen-bond donors (Lipinski definition) is 0. The first-order valence-corrected chi connectivity index (χ1v) is 15.8. The van der Waals surface area contributed by atoms with E-state index in [4.69, 9.17) is 9.72 Å². The first-order chi connectivity index (χ1) is 18.9. The van der Waals surface area contributed by atoms with Gasteiger partial charge in [-0.3, -0.25) is 4.79 Å². The van der Waals surface area contributed by atoms with Gasteiger partial charge in [0.05, 0.1) is 22.9 Å². The van der Waals surface area contributed by atoms with Crippen LogP contribution in [0.5, 0.6) is 0 Å². The number of rotatable bonds is 14. The van der Waals surface area contributed by atoms with Crippen molar-refractivity contribution in [1.29, 1.82) is 0 Å². The van der Waals surface area contributed by atoms with Crippen LogP contribution in [0.15, 0.2) is 90.1 Å². The van der Waals surface area contributed by atoms with Crippen LogP contribution in [0.1, 0.15) is 37.8 Å². The molecule has 0 aliphatic rings. The predicted octanol–water partition coefficient (Wildman–Crippen LogP) is 5.89. The maximum atomic E-state index is 13.4. The molecule has 0 radical (unpaired) electrons. The molecule has 1 atom stereocenters. The molecule has 4 rings (SSSR count). The van der Waals surface area contributed by atoms with Gasteiger partial charge in [-0.2, -0.15) is 4.31 Å². The van der Waals surface area contributed by atoms with E-state index in [-0.39, 0.29) is 24.4 Å². The van der Waals surface area contributed by atoms with E-state index in [2.05, 4.69) is 0 Å². The van der Waals surface area contributed by atoms with Gasteiger partial charge in [-0.25, -0.2) is 13.4 Å². The van der Waals surface area contributed by atoms with Crippen molar-refractivity contribution in [3.8, 4) is 0 Å². The minimum absolute atomic E-state index is 0.0398. The third-order valence-corrected chi connectivity index (χ3v) is 9.24. The van der Waals surface area contributed by atoms with Gasteiger partial charge in [0.15, 0.2) is 5.16 Å². The van der Waals surface area contributed by atoms with E-state index in [0.717, 1.165) is 33.7 Å². The molecule has 0 aliphatic heterocycles. The number of hydrogen-bond acceptors (Lipinski definition) is 6. The number of esters is 1. The van der Waals surface area contributed by atoms with Crippen molar-refractivity contribution < 1.29 is 17.9 Å². The van der Waals surface area contributed by atoms with E-state index < -0.39 is 10.0 Å². The standard InChI is InChI=1S/C30H35N3O4S2/c1-3-24(2)37-29(34)22-33-28-18-11-10-17-27(28)31-30(33)38-20-12-19-32(21-25-13-6-4-7-14-25)39(35,36)23-26-15-8-5-9-16-26/h4-11,13-18,24H,3,12,19-23H2,1-2H3. The van der Waals surface area contributed by atoms with Crippen molar-refractivity contribution in [3.63, 3.8) is 0 Å². The lowest BCUT2D eigenvalue weighted by molar-refractivity contribution is -0.149. The molecule has 1 aromatic heterocycles. The third-order valence-electron chi connectivity index (χ3n) is 6.38. The van der Waals surface area contributed by atoms with Crippen molar-refractivity contribution in [2.45, 2.75) is 56.8 Å². The summed E-state index contributed by atoms with van der Waals surface area (Å²) in [4.78, 5) is 17.3. The molecule has 0 bridgehead atoms. The SMILES string of the molecule is CCC(C)OC(=O)Cn1c(SCCCN(Cc2ccccc2)S(=O)(=O)Cc2ccccc2)nc2ccccc21. The van der Waals surface area contributed by atoms with Gasteiger partial charge < -0.3 is 9.30 Å². The zero-order valence-electron chi connectivity index (χ0n) is 22.4. The summed E-state index contributed by atoms with van der Waals surface area (Å²) in [5.41, 5.74) is 3.40. The number of aromatic nitrogens is 2. The normalized spacial score (nSPS) is 12.6. The number of nitrogens with zero attached hydrogens (tertiary/aromatic N) is 3. The number of ether oxygens (including phenoxy) is 1. The predicted molar refractivity (Wildman–Crippen MR) is 157 cm³/mol. The number of carbonyl (C=O) groups excluding carboxylic acids is 1. The highest BCUT2D eigenvalue weighted by Crippen LogP contribution is 2.25. The Morgan fingerprint density at radius 3 is 2.31 bits per heavy atom. The summed E-state index contributed by atoms with van der Waals surface area (Å²) in [5, 5.41) is 0.721. The van der Waals surface area contributed by atoms with E-state index in [1.165, 1.54) is 11.8 Å². The quantitative estimate of drug-likeness (QED) is 0.108. The van der Waals surface area contributed by atoms with Crippen LogP contribution < -0.4 is 0 Å². The van der Waals surface area contributed by atoms with Gasteiger partial charge in [0.2, 0.25) is 10.0 Å². The van der Waals surface area contributed by atoms with E-state index in [9.17, 15) is 13.2 Å². The molecule has 4 aromatic rings. The lowest BCUT2D eigenvalue weighted by atomic mass is 10.2. The fourth-order valence-corrected chi connectivity index (χ4v) is 6.66. The fourth-order valence-electron chi connectivity index (χ4n) is 4.17. The molecule has 0 aliphatic carbocycles. The molecule has 39 heavy (non-hydrogen) atoms. The second-order valence-electron chi connectivity index (χ2n) is 9.44. The summed E-state index contributed by atoms with van der Waals surface area (Å²) < 4.78 is 35.8. The monoisotopic (exact) mass is 565 g/mol. The summed E-state index contributed by atoms with van der Waals surface area (Å²) in [6, 6.07) is 26.6. The highest BCUT2D eigenvalue weighted by molar-refractivity contribution is 7.99. The largest absolute Gasteiger partial charge is 0.461 e. The van der Waals surface area contributed by atoms with Gasteiger partial charge in [-0.15, -0.1) is 0 Å². The smallest absolute Gasteiger partial charge is 0.326 e. The van der Waals surface area contributed by atoms with Gasteiger partial charge in [0, 0.05) is 18.8 Å². The van der Waals surface area contributed by atoms with Crippen molar-refractivity contribution in [3.05, 3.63) is 96.1 Å². The van der Waals surface area contributed by atoms with Crippen molar-refractivity contribution in [2.75, 3.05) is 12.3 Å². The highest BCUT2D eigenvalue weighted by Gasteiger charge is 2.23. The maximum Gasteiger partial charge on any atom is 0.326 e. The molecule has 1 heterocycles. The number of imidazole rings is 1. The minimum atomic E-state index is -3.54. The average molecular weight is 566 g/mol. The summed E-state index contributed by atoms with van der Waals surface area (Å²) >= 11 is 1.52. The molecule has 0 spiro atoms. The van der Waals surface area contributed by atoms with E-state index in [0.29, 0.717) is 25.3 Å². The molecule has 0 N–H and O–H groups in total. The molecule has 0 amide bonds. The number of sulfonamides is 1. The number of thioether (sulfide) groups is 1. The summed E-state index contributed by atoms with van der Waals surface area (Å²) in [7, 11) is -3.54. The van der Waals surface area contributed by atoms with Crippen LogP contribution in [0, 0.1) is 0 Å². The Labute approximate surface area is 235 Å². The Bertz CT molecular complexity index is 1460. The first kappa shape index (κ1) is 28.9. The van der Waals surface area contributed by atoms with Crippen LogP contribution in [0.3, 0.4) is 0 Å². The molecule has 1 unspecified atom stereocenters. The van der Waals surface area contributed by atoms with Crippen LogP contribution >= 0.6 is 11.8 Å². The van der Waals surface area contributed by atoms with Gasteiger partial charge in [-0.1, -0.05) is 91.5 Å². The average Bonchev–Trinajstić information content (AvgIpc) is 3.28. The zero-order valence-corrected chi connectivity index (χ0v) is 24.0. The molecule has 206 valence electrons. The second kappa shape index (κ2) is 13.8. The molecule has 3 aromatic carbocycles.